The van der Waals surface area contributed by atoms with Gasteiger partial charge in [0.2, 0.25) is 0 Å². The Balaban J connectivity index is 1.87. The minimum absolute atomic E-state index is 0.372. The Kier molecular flexibility index (Phi) is 4.80. The van der Waals surface area contributed by atoms with Crippen LogP contribution in [0.2, 0.25) is 0 Å². The average molecular weight is 342 g/mol. The predicted octanol–water partition coefficient (Wildman–Crippen LogP) is 3.70. The number of aromatic nitrogens is 4. The largest absolute Gasteiger partial charge is 0.465 e. The predicted molar refractivity (Wildman–Crippen MR) is 94.1 cm³/mol. The van der Waals surface area contributed by atoms with Crippen LogP contribution in [-0.4, -0.2) is 38.3 Å². The number of carbonyl (C=O) groups excluding carboxylic acids is 1. The minimum atomic E-state index is -0.372. The van der Waals surface area contributed by atoms with Crippen LogP contribution >= 0.6 is 11.8 Å². The van der Waals surface area contributed by atoms with E-state index in [0.29, 0.717) is 16.6 Å². The molecule has 0 fully saturated rings. The molecule has 0 aliphatic carbocycles. The number of imidazole rings is 1. The number of methoxy groups -OCH3 is 1. The number of carbonyl (C=O) groups is 1. The highest BCUT2D eigenvalue weighted by atomic mass is 32.2. The van der Waals surface area contributed by atoms with Crippen molar-refractivity contribution in [3.8, 4) is 11.4 Å². The lowest BCUT2D eigenvalue weighted by Crippen LogP contribution is -2.00. The molecule has 0 radical (unpaired) electrons. The number of nitrogens with one attached hydrogen (secondary N) is 1. The van der Waals surface area contributed by atoms with Gasteiger partial charge in [-0.05, 0) is 24.6 Å². The maximum absolute atomic E-state index is 11.6. The molecule has 1 N–H and O–H groups in total. The molecule has 24 heavy (non-hydrogen) atoms. The molecular formula is C17H18N4O2S. The van der Waals surface area contributed by atoms with Crippen LogP contribution < -0.4 is 0 Å². The topological polar surface area (TPSA) is 80.8 Å². The number of hydrogen-bond donors (Lipinski definition) is 1. The van der Waals surface area contributed by atoms with E-state index in [0.717, 1.165) is 28.2 Å². The fraction of sp³-hybridized carbons (Fsp3) is 0.294. The Morgan fingerprint density at radius 3 is 2.75 bits per heavy atom. The van der Waals surface area contributed by atoms with Crippen molar-refractivity contribution >= 4 is 28.8 Å². The molecule has 1 atom stereocenters. The summed E-state index contributed by atoms with van der Waals surface area (Å²) in [6, 6.07) is 5.21. The van der Waals surface area contributed by atoms with Crippen molar-refractivity contribution in [3.63, 3.8) is 0 Å². The van der Waals surface area contributed by atoms with Crippen LogP contribution in [-0.2, 0) is 4.74 Å². The summed E-state index contributed by atoms with van der Waals surface area (Å²) < 4.78 is 4.74. The summed E-state index contributed by atoms with van der Waals surface area (Å²) in [5, 5.41) is 1.25. The fourth-order valence-electron chi connectivity index (χ4n) is 2.15. The number of ether oxygens (including phenoxy) is 1. The zero-order valence-electron chi connectivity index (χ0n) is 13.7. The van der Waals surface area contributed by atoms with Gasteiger partial charge in [-0.15, -0.1) is 0 Å². The van der Waals surface area contributed by atoms with E-state index in [1.165, 1.54) is 7.11 Å². The molecule has 0 saturated carbocycles. The highest BCUT2D eigenvalue weighted by molar-refractivity contribution is 7.99. The number of aromatic amines is 1. The van der Waals surface area contributed by atoms with Crippen molar-refractivity contribution in [2.24, 2.45) is 0 Å². The number of esters is 1. The number of rotatable bonds is 5. The van der Waals surface area contributed by atoms with E-state index >= 15 is 0 Å². The third-order valence-electron chi connectivity index (χ3n) is 3.69. The number of nitrogens with zero attached hydrogens (tertiary/aromatic N) is 3. The average Bonchev–Trinajstić information content (AvgIpc) is 3.04. The van der Waals surface area contributed by atoms with Crippen molar-refractivity contribution in [1.29, 1.82) is 0 Å². The van der Waals surface area contributed by atoms with E-state index in [-0.39, 0.29) is 5.97 Å². The first kappa shape index (κ1) is 16.4. The first-order valence-corrected chi connectivity index (χ1v) is 8.55. The fourth-order valence-corrected chi connectivity index (χ4v) is 2.91. The molecule has 3 aromatic rings. The lowest BCUT2D eigenvalue weighted by Gasteiger charge is -2.05. The van der Waals surface area contributed by atoms with Gasteiger partial charge in [-0.25, -0.2) is 19.7 Å². The Morgan fingerprint density at radius 1 is 1.33 bits per heavy atom. The van der Waals surface area contributed by atoms with Crippen LogP contribution in [0.4, 0.5) is 0 Å². The van der Waals surface area contributed by atoms with Crippen molar-refractivity contribution < 1.29 is 9.53 Å². The third-order valence-corrected chi connectivity index (χ3v) is 4.84. The molecule has 0 amide bonds. The quantitative estimate of drug-likeness (QED) is 0.433. The SMILES string of the molecule is CC[C@H](C)Sc1ncc(-c2nc3ccc(C(=O)OC)cc3[nH]2)cn1. The van der Waals surface area contributed by atoms with Crippen molar-refractivity contribution in [2.45, 2.75) is 30.7 Å². The van der Waals surface area contributed by atoms with Crippen LogP contribution in [0.15, 0.2) is 35.7 Å². The summed E-state index contributed by atoms with van der Waals surface area (Å²) >= 11 is 1.66. The standard InChI is InChI=1S/C17H18N4O2S/c1-4-10(2)24-17-18-8-12(9-19-17)15-20-13-6-5-11(16(22)23-3)7-14(13)21-15/h5-10H,4H2,1-3H3,(H,20,21)/t10-/m0/s1. The molecule has 0 aliphatic rings. The lowest BCUT2D eigenvalue weighted by atomic mass is 10.2. The van der Waals surface area contributed by atoms with Gasteiger partial charge in [0.25, 0.3) is 0 Å². The van der Waals surface area contributed by atoms with Crippen LogP contribution in [0.3, 0.4) is 0 Å². The molecule has 7 heteroatoms. The minimum Gasteiger partial charge on any atom is -0.465 e. The molecule has 124 valence electrons. The summed E-state index contributed by atoms with van der Waals surface area (Å²) in [7, 11) is 1.36. The number of fused-ring (bicyclic) bond motifs is 1. The van der Waals surface area contributed by atoms with Gasteiger partial charge in [0.15, 0.2) is 5.16 Å². The molecule has 6 nitrogen and oxygen atoms in total. The summed E-state index contributed by atoms with van der Waals surface area (Å²) in [4.78, 5) is 28.1. The molecule has 1 aromatic carbocycles. The highest BCUT2D eigenvalue weighted by Gasteiger charge is 2.11. The summed E-state index contributed by atoms with van der Waals surface area (Å²) in [6.07, 6.45) is 4.59. The molecule has 0 aliphatic heterocycles. The van der Waals surface area contributed by atoms with E-state index in [9.17, 15) is 4.79 Å². The Labute approximate surface area is 144 Å². The second kappa shape index (κ2) is 7.00. The molecule has 0 unspecified atom stereocenters. The molecule has 0 spiro atoms. The Morgan fingerprint density at radius 2 is 2.08 bits per heavy atom. The van der Waals surface area contributed by atoms with Gasteiger partial charge in [0.05, 0.1) is 29.3 Å². The summed E-state index contributed by atoms with van der Waals surface area (Å²) in [5.74, 6) is 0.301. The summed E-state index contributed by atoms with van der Waals surface area (Å²) in [5.41, 5.74) is 2.83. The number of H-pyrrole nitrogens is 1. The van der Waals surface area contributed by atoms with E-state index in [4.69, 9.17) is 4.74 Å². The van der Waals surface area contributed by atoms with Gasteiger partial charge in [0.1, 0.15) is 5.82 Å². The molecule has 0 saturated heterocycles. The van der Waals surface area contributed by atoms with Crippen LogP contribution in [0.1, 0.15) is 30.6 Å². The zero-order valence-corrected chi connectivity index (χ0v) is 14.6. The second-order valence-electron chi connectivity index (χ2n) is 5.40. The van der Waals surface area contributed by atoms with Crippen molar-refractivity contribution in [2.75, 3.05) is 7.11 Å². The normalized spacial score (nSPS) is 12.3. The second-order valence-corrected chi connectivity index (χ2v) is 6.81. The zero-order chi connectivity index (χ0) is 17.1. The lowest BCUT2D eigenvalue weighted by molar-refractivity contribution is 0.0601. The van der Waals surface area contributed by atoms with Gasteiger partial charge < -0.3 is 9.72 Å². The number of benzene rings is 1. The summed E-state index contributed by atoms with van der Waals surface area (Å²) in [6.45, 7) is 4.29. The van der Waals surface area contributed by atoms with E-state index in [1.54, 1.807) is 42.4 Å². The monoisotopic (exact) mass is 342 g/mol. The Hall–Kier alpha value is -2.41. The molecule has 3 rings (SSSR count). The smallest absolute Gasteiger partial charge is 0.337 e. The number of hydrogen-bond acceptors (Lipinski definition) is 6. The first-order valence-electron chi connectivity index (χ1n) is 7.68. The molecule has 0 bridgehead atoms. The van der Waals surface area contributed by atoms with E-state index in [1.807, 2.05) is 0 Å². The molecule has 2 heterocycles. The maximum atomic E-state index is 11.6. The van der Waals surface area contributed by atoms with Crippen LogP contribution in [0.5, 0.6) is 0 Å². The maximum Gasteiger partial charge on any atom is 0.337 e. The molecular weight excluding hydrogens is 324 g/mol. The van der Waals surface area contributed by atoms with Gasteiger partial charge in [-0.3, -0.25) is 0 Å². The first-order chi connectivity index (χ1) is 11.6. The van der Waals surface area contributed by atoms with Crippen LogP contribution in [0, 0.1) is 0 Å². The van der Waals surface area contributed by atoms with Gasteiger partial charge >= 0.3 is 5.97 Å². The molecule has 2 aromatic heterocycles. The van der Waals surface area contributed by atoms with Crippen LogP contribution in [0.25, 0.3) is 22.4 Å². The van der Waals surface area contributed by atoms with Crippen molar-refractivity contribution in [1.82, 2.24) is 19.9 Å². The van der Waals surface area contributed by atoms with Crippen molar-refractivity contribution in [3.05, 3.63) is 36.2 Å². The Bertz CT molecular complexity index is 861. The third kappa shape index (κ3) is 3.41. The van der Waals surface area contributed by atoms with E-state index in [2.05, 4.69) is 33.8 Å². The highest BCUT2D eigenvalue weighted by Crippen LogP contribution is 2.24. The number of thioether (sulfide) groups is 1. The van der Waals surface area contributed by atoms with Gasteiger partial charge in [0, 0.05) is 17.6 Å². The van der Waals surface area contributed by atoms with Gasteiger partial charge in [-0.2, -0.15) is 0 Å². The van der Waals surface area contributed by atoms with Gasteiger partial charge in [-0.1, -0.05) is 25.6 Å². The van der Waals surface area contributed by atoms with E-state index < -0.39 is 0 Å².